The topological polar surface area (TPSA) is 41.1 Å². The van der Waals surface area contributed by atoms with Crippen LogP contribution in [0.15, 0.2) is 0 Å². The molecular weight excluding hydrogens is 188 g/mol. The summed E-state index contributed by atoms with van der Waals surface area (Å²) in [5.74, 6) is 0.745. The number of rotatable bonds is 7. The first-order chi connectivity index (χ1) is 6.90. The van der Waals surface area contributed by atoms with Gasteiger partial charge < -0.3 is 10.6 Å². The van der Waals surface area contributed by atoms with Gasteiger partial charge in [0.2, 0.25) is 5.91 Å². The maximum absolute atomic E-state index is 11.4. The molecule has 0 aliphatic heterocycles. The quantitative estimate of drug-likeness (QED) is 0.634. The van der Waals surface area contributed by atoms with Crippen molar-refractivity contribution in [2.24, 2.45) is 11.3 Å². The minimum Gasteiger partial charge on any atom is -0.356 e. The zero-order valence-corrected chi connectivity index (χ0v) is 10.8. The van der Waals surface area contributed by atoms with E-state index in [2.05, 4.69) is 38.3 Å². The number of hydrogen-bond acceptors (Lipinski definition) is 2. The fraction of sp³-hybridized carbons (Fsp3) is 0.917. The number of carbonyl (C=O) groups excluding carboxylic acids is 1. The van der Waals surface area contributed by atoms with E-state index in [-0.39, 0.29) is 11.3 Å². The van der Waals surface area contributed by atoms with Crippen molar-refractivity contribution in [3.8, 4) is 0 Å². The lowest BCUT2D eigenvalue weighted by molar-refractivity contribution is -0.121. The van der Waals surface area contributed by atoms with Crippen LogP contribution < -0.4 is 10.6 Å². The van der Waals surface area contributed by atoms with Gasteiger partial charge in [0.15, 0.2) is 0 Å². The van der Waals surface area contributed by atoms with Crippen molar-refractivity contribution in [2.75, 3.05) is 20.1 Å². The summed E-state index contributed by atoms with van der Waals surface area (Å²) in [7, 11) is 1.90. The van der Waals surface area contributed by atoms with Crippen LogP contribution in [0.1, 0.15) is 40.5 Å². The van der Waals surface area contributed by atoms with Crippen LogP contribution in [0.5, 0.6) is 0 Å². The van der Waals surface area contributed by atoms with E-state index in [0.717, 1.165) is 19.5 Å². The lowest BCUT2D eigenvalue weighted by Gasteiger charge is -2.29. The van der Waals surface area contributed by atoms with Crippen LogP contribution in [-0.4, -0.2) is 26.0 Å². The second-order valence-corrected chi connectivity index (χ2v) is 5.13. The van der Waals surface area contributed by atoms with Gasteiger partial charge in [-0.25, -0.2) is 0 Å². The van der Waals surface area contributed by atoms with Crippen LogP contribution in [0.2, 0.25) is 0 Å². The first kappa shape index (κ1) is 14.4. The summed E-state index contributed by atoms with van der Waals surface area (Å²) in [5, 5.41) is 6.03. The lowest BCUT2D eigenvalue weighted by Crippen LogP contribution is -2.37. The molecule has 0 saturated heterocycles. The van der Waals surface area contributed by atoms with Crippen molar-refractivity contribution < 1.29 is 4.79 Å². The van der Waals surface area contributed by atoms with Crippen LogP contribution in [0.25, 0.3) is 0 Å². The number of carbonyl (C=O) groups is 1. The second kappa shape index (κ2) is 6.83. The molecule has 2 N–H and O–H groups in total. The highest BCUT2D eigenvalue weighted by Crippen LogP contribution is 2.24. The van der Waals surface area contributed by atoms with Gasteiger partial charge in [-0.05, 0) is 31.3 Å². The largest absolute Gasteiger partial charge is 0.356 e. The molecule has 0 bridgehead atoms. The molecule has 0 aromatic carbocycles. The molecule has 0 aromatic heterocycles. The third kappa shape index (κ3) is 6.50. The van der Waals surface area contributed by atoms with E-state index in [4.69, 9.17) is 0 Å². The van der Waals surface area contributed by atoms with E-state index in [1.54, 1.807) is 0 Å². The Hall–Kier alpha value is -0.570. The van der Waals surface area contributed by atoms with E-state index in [0.29, 0.717) is 12.3 Å². The Balaban J connectivity index is 3.71. The molecule has 90 valence electrons. The van der Waals surface area contributed by atoms with E-state index < -0.39 is 0 Å². The zero-order valence-electron chi connectivity index (χ0n) is 10.8. The van der Waals surface area contributed by atoms with Gasteiger partial charge >= 0.3 is 0 Å². The average molecular weight is 214 g/mol. The molecule has 0 fully saturated rings. The summed E-state index contributed by atoms with van der Waals surface area (Å²) in [5.41, 5.74) is 0.179. The van der Waals surface area contributed by atoms with Gasteiger partial charge in [0.25, 0.3) is 0 Å². The fourth-order valence-electron chi connectivity index (χ4n) is 1.04. The standard InChI is InChI=1S/C12H26N2O/c1-10(2)12(3,4)9-14-11(15)7-6-8-13-5/h10,13H,6-9H2,1-5H3,(H,14,15). The Bertz CT molecular complexity index is 188. The van der Waals surface area contributed by atoms with Gasteiger partial charge in [-0.1, -0.05) is 27.7 Å². The van der Waals surface area contributed by atoms with Crippen LogP contribution in [-0.2, 0) is 4.79 Å². The highest BCUT2D eigenvalue weighted by atomic mass is 16.1. The minimum absolute atomic E-state index is 0.166. The zero-order chi connectivity index (χ0) is 11.9. The lowest BCUT2D eigenvalue weighted by atomic mass is 9.81. The minimum atomic E-state index is 0.166. The Morgan fingerprint density at radius 2 is 1.93 bits per heavy atom. The number of hydrogen-bond donors (Lipinski definition) is 2. The van der Waals surface area contributed by atoms with Gasteiger partial charge in [0.05, 0.1) is 0 Å². The molecule has 3 nitrogen and oxygen atoms in total. The summed E-state index contributed by atoms with van der Waals surface area (Å²) in [6.45, 7) is 10.4. The molecule has 0 unspecified atom stereocenters. The van der Waals surface area contributed by atoms with Crippen molar-refractivity contribution in [3.05, 3.63) is 0 Å². The molecule has 15 heavy (non-hydrogen) atoms. The fourth-order valence-corrected chi connectivity index (χ4v) is 1.04. The predicted octanol–water partition coefficient (Wildman–Crippen LogP) is 1.78. The Morgan fingerprint density at radius 1 is 1.33 bits per heavy atom. The second-order valence-electron chi connectivity index (χ2n) is 5.13. The summed E-state index contributed by atoms with van der Waals surface area (Å²) in [4.78, 5) is 11.4. The van der Waals surface area contributed by atoms with Crippen LogP contribution in [0, 0.1) is 11.3 Å². The number of amides is 1. The first-order valence-electron chi connectivity index (χ1n) is 5.81. The summed E-state index contributed by atoms with van der Waals surface area (Å²) in [6.07, 6.45) is 1.53. The van der Waals surface area contributed by atoms with E-state index in [1.807, 2.05) is 7.05 Å². The molecule has 1 amide bonds. The van der Waals surface area contributed by atoms with Crippen molar-refractivity contribution in [1.29, 1.82) is 0 Å². The predicted molar refractivity (Wildman–Crippen MR) is 64.8 cm³/mol. The van der Waals surface area contributed by atoms with Crippen molar-refractivity contribution in [3.63, 3.8) is 0 Å². The monoisotopic (exact) mass is 214 g/mol. The molecule has 0 radical (unpaired) electrons. The summed E-state index contributed by atoms with van der Waals surface area (Å²) < 4.78 is 0. The normalized spacial score (nSPS) is 11.9. The maximum atomic E-state index is 11.4. The third-order valence-electron chi connectivity index (χ3n) is 3.13. The molecule has 3 heteroatoms. The molecule has 0 rings (SSSR count). The van der Waals surface area contributed by atoms with Crippen LogP contribution in [0.3, 0.4) is 0 Å². The van der Waals surface area contributed by atoms with E-state index in [9.17, 15) is 4.79 Å². The highest BCUT2D eigenvalue weighted by molar-refractivity contribution is 5.75. The van der Waals surface area contributed by atoms with Gasteiger partial charge in [-0.2, -0.15) is 0 Å². The van der Waals surface area contributed by atoms with Crippen molar-refractivity contribution >= 4 is 5.91 Å². The Kier molecular flexibility index (Phi) is 6.57. The molecule has 0 aliphatic carbocycles. The Morgan fingerprint density at radius 3 is 2.40 bits per heavy atom. The molecule has 0 aliphatic rings. The van der Waals surface area contributed by atoms with Crippen molar-refractivity contribution in [2.45, 2.75) is 40.5 Å². The maximum Gasteiger partial charge on any atom is 0.220 e. The van der Waals surface area contributed by atoms with Crippen molar-refractivity contribution in [1.82, 2.24) is 10.6 Å². The van der Waals surface area contributed by atoms with Crippen LogP contribution >= 0.6 is 0 Å². The SMILES string of the molecule is CNCCCC(=O)NCC(C)(C)C(C)C. The summed E-state index contributed by atoms with van der Waals surface area (Å²) in [6, 6.07) is 0. The summed E-state index contributed by atoms with van der Waals surface area (Å²) >= 11 is 0. The number of nitrogens with one attached hydrogen (secondary N) is 2. The van der Waals surface area contributed by atoms with Crippen LogP contribution in [0.4, 0.5) is 0 Å². The average Bonchev–Trinajstić information content (AvgIpc) is 2.15. The Labute approximate surface area is 94.0 Å². The molecule has 0 saturated carbocycles. The third-order valence-corrected chi connectivity index (χ3v) is 3.13. The molecule has 0 atom stereocenters. The van der Waals surface area contributed by atoms with Gasteiger partial charge in [0.1, 0.15) is 0 Å². The van der Waals surface area contributed by atoms with Gasteiger partial charge in [-0.15, -0.1) is 0 Å². The van der Waals surface area contributed by atoms with E-state index >= 15 is 0 Å². The first-order valence-corrected chi connectivity index (χ1v) is 5.81. The highest BCUT2D eigenvalue weighted by Gasteiger charge is 2.22. The molecular formula is C12H26N2O. The molecule has 0 aromatic rings. The smallest absolute Gasteiger partial charge is 0.220 e. The van der Waals surface area contributed by atoms with Gasteiger partial charge in [-0.3, -0.25) is 4.79 Å². The molecule has 0 heterocycles. The van der Waals surface area contributed by atoms with Gasteiger partial charge in [0, 0.05) is 13.0 Å². The van der Waals surface area contributed by atoms with E-state index in [1.165, 1.54) is 0 Å². The molecule has 0 spiro atoms.